The predicted molar refractivity (Wildman–Crippen MR) is 121 cm³/mol. The summed E-state index contributed by atoms with van der Waals surface area (Å²) >= 11 is 0. The summed E-state index contributed by atoms with van der Waals surface area (Å²) in [6.07, 6.45) is 0. The minimum atomic E-state index is -0.436. The standard InChI is InChI=1S/C24H24N4O3/c29-24(25-20-11-5-2-6-12-20)23(19-9-3-1-4-10-19)27-17-15-26(16-18-27)21-13-7-8-14-22(21)28(30)31/h1-14,23H,15-18H2,(H,25,29)/t23-/m1/s1. The van der Waals surface area contributed by atoms with Crippen molar-refractivity contribution in [2.45, 2.75) is 6.04 Å². The highest BCUT2D eigenvalue weighted by molar-refractivity contribution is 5.95. The lowest BCUT2D eigenvalue weighted by atomic mass is 10.0. The largest absolute Gasteiger partial charge is 0.363 e. The van der Waals surface area contributed by atoms with Crippen LogP contribution in [0.1, 0.15) is 11.6 Å². The molecule has 1 aliphatic heterocycles. The molecule has 0 aliphatic carbocycles. The second-order valence-corrected chi connectivity index (χ2v) is 7.44. The molecule has 7 heteroatoms. The topological polar surface area (TPSA) is 78.7 Å². The Morgan fingerprint density at radius 1 is 0.839 bits per heavy atom. The van der Waals surface area contributed by atoms with Crippen molar-refractivity contribution in [3.05, 3.63) is 101 Å². The fourth-order valence-electron chi connectivity index (χ4n) is 4.00. The molecular formula is C24H24N4O3. The summed E-state index contributed by atoms with van der Waals surface area (Å²) in [5.74, 6) is -0.0865. The lowest BCUT2D eigenvalue weighted by Gasteiger charge is -2.39. The Morgan fingerprint density at radius 3 is 2.06 bits per heavy atom. The van der Waals surface area contributed by atoms with Crippen molar-refractivity contribution in [3.63, 3.8) is 0 Å². The van der Waals surface area contributed by atoms with E-state index < -0.39 is 6.04 Å². The number of rotatable bonds is 6. The first kappa shape index (κ1) is 20.6. The van der Waals surface area contributed by atoms with E-state index in [0.717, 1.165) is 11.3 Å². The maximum atomic E-state index is 13.3. The van der Waals surface area contributed by atoms with Gasteiger partial charge in [0.05, 0.1) is 4.92 Å². The van der Waals surface area contributed by atoms with Crippen LogP contribution < -0.4 is 10.2 Å². The zero-order valence-electron chi connectivity index (χ0n) is 17.1. The van der Waals surface area contributed by atoms with Gasteiger partial charge in [-0.3, -0.25) is 19.8 Å². The maximum absolute atomic E-state index is 13.3. The van der Waals surface area contributed by atoms with E-state index in [1.807, 2.05) is 71.6 Å². The molecule has 0 aromatic heterocycles. The summed E-state index contributed by atoms with van der Waals surface area (Å²) in [5.41, 5.74) is 2.41. The van der Waals surface area contributed by atoms with Crippen molar-refractivity contribution >= 4 is 23.0 Å². The number of piperazine rings is 1. The van der Waals surface area contributed by atoms with Gasteiger partial charge in [0.15, 0.2) is 0 Å². The van der Waals surface area contributed by atoms with Crippen molar-refractivity contribution in [1.29, 1.82) is 0 Å². The Balaban J connectivity index is 1.53. The third kappa shape index (κ3) is 4.73. The van der Waals surface area contributed by atoms with Crippen LogP contribution >= 0.6 is 0 Å². The first-order chi connectivity index (χ1) is 15.1. The summed E-state index contributed by atoms with van der Waals surface area (Å²) in [6.45, 7) is 2.45. The molecule has 3 aromatic carbocycles. The minimum absolute atomic E-state index is 0.0865. The van der Waals surface area contributed by atoms with Gasteiger partial charge < -0.3 is 10.2 Å². The Labute approximate surface area is 181 Å². The van der Waals surface area contributed by atoms with Crippen molar-refractivity contribution < 1.29 is 9.72 Å². The van der Waals surface area contributed by atoms with Crippen molar-refractivity contribution in [3.8, 4) is 0 Å². The number of para-hydroxylation sites is 3. The molecule has 31 heavy (non-hydrogen) atoms. The number of nitrogens with zero attached hydrogens (tertiary/aromatic N) is 3. The van der Waals surface area contributed by atoms with Gasteiger partial charge in [-0.1, -0.05) is 60.7 Å². The van der Waals surface area contributed by atoms with E-state index >= 15 is 0 Å². The van der Waals surface area contributed by atoms with Gasteiger partial charge in [0.1, 0.15) is 11.7 Å². The number of carbonyl (C=O) groups excluding carboxylic acids is 1. The summed E-state index contributed by atoms with van der Waals surface area (Å²) in [4.78, 5) is 28.5. The highest BCUT2D eigenvalue weighted by Gasteiger charge is 2.32. The van der Waals surface area contributed by atoms with Crippen LogP contribution in [0.5, 0.6) is 0 Å². The molecule has 7 nitrogen and oxygen atoms in total. The highest BCUT2D eigenvalue weighted by Crippen LogP contribution is 2.30. The third-order valence-electron chi connectivity index (χ3n) is 5.50. The molecule has 3 aromatic rings. The third-order valence-corrected chi connectivity index (χ3v) is 5.50. The summed E-state index contributed by atoms with van der Waals surface area (Å²) in [6, 6.07) is 25.5. The molecule has 1 fully saturated rings. The second kappa shape index (κ2) is 9.40. The number of nitro groups is 1. The first-order valence-corrected chi connectivity index (χ1v) is 10.3. The van der Waals surface area contributed by atoms with E-state index in [9.17, 15) is 14.9 Å². The Bertz CT molecular complexity index is 1030. The highest BCUT2D eigenvalue weighted by atomic mass is 16.6. The number of anilines is 2. The van der Waals surface area contributed by atoms with Crippen LogP contribution in [-0.2, 0) is 4.79 Å². The van der Waals surface area contributed by atoms with Gasteiger partial charge >= 0.3 is 0 Å². The Hall–Kier alpha value is -3.71. The molecule has 1 amide bonds. The lowest BCUT2D eigenvalue weighted by molar-refractivity contribution is -0.384. The van der Waals surface area contributed by atoms with Crippen LogP contribution in [0.2, 0.25) is 0 Å². The van der Waals surface area contributed by atoms with E-state index in [0.29, 0.717) is 31.9 Å². The van der Waals surface area contributed by atoms with E-state index in [2.05, 4.69) is 10.2 Å². The Morgan fingerprint density at radius 2 is 1.42 bits per heavy atom. The van der Waals surface area contributed by atoms with Gasteiger partial charge in [-0.15, -0.1) is 0 Å². The van der Waals surface area contributed by atoms with Gasteiger partial charge in [-0.2, -0.15) is 0 Å². The number of amides is 1. The smallest absolute Gasteiger partial charge is 0.292 e. The normalized spacial score (nSPS) is 15.3. The number of nitrogens with one attached hydrogen (secondary N) is 1. The lowest BCUT2D eigenvalue weighted by Crippen LogP contribution is -2.50. The molecule has 0 unspecified atom stereocenters. The number of carbonyl (C=O) groups is 1. The van der Waals surface area contributed by atoms with E-state index in [1.54, 1.807) is 12.1 Å². The molecule has 1 aliphatic rings. The van der Waals surface area contributed by atoms with Gasteiger partial charge in [0.25, 0.3) is 5.69 Å². The molecule has 1 heterocycles. The summed E-state index contributed by atoms with van der Waals surface area (Å²) in [7, 11) is 0. The SMILES string of the molecule is O=C(Nc1ccccc1)[C@@H](c1ccccc1)N1CCN(c2ccccc2[N+](=O)[O-])CC1. The predicted octanol–water partition coefficient (Wildman–Crippen LogP) is 4.10. The fraction of sp³-hybridized carbons (Fsp3) is 0.208. The molecule has 0 bridgehead atoms. The average Bonchev–Trinajstić information content (AvgIpc) is 2.81. The van der Waals surface area contributed by atoms with Crippen LogP contribution in [0.4, 0.5) is 17.1 Å². The minimum Gasteiger partial charge on any atom is -0.363 e. The van der Waals surface area contributed by atoms with Crippen LogP contribution in [0.3, 0.4) is 0 Å². The van der Waals surface area contributed by atoms with Crippen LogP contribution in [0.25, 0.3) is 0 Å². The number of hydrogen-bond acceptors (Lipinski definition) is 5. The van der Waals surface area contributed by atoms with Crippen LogP contribution in [-0.4, -0.2) is 41.9 Å². The molecule has 1 N–H and O–H groups in total. The quantitative estimate of drug-likeness (QED) is 0.484. The van der Waals surface area contributed by atoms with Crippen molar-refractivity contribution in [2.24, 2.45) is 0 Å². The Kier molecular flexibility index (Phi) is 6.24. The summed E-state index contributed by atoms with van der Waals surface area (Å²) < 4.78 is 0. The fourth-order valence-corrected chi connectivity index (χ4v) is 4.00. The van der Waals surface area contributed by atoms with Crippen molar-refractivity contribution in [2.75, 3.05) is 36.4 Å². The van der Waals surface area contributed by atoms with Crippen LogP contribution in [0.15, 0.2) is 84.9 Å². The molecule has 1 atom stereocenters. The molecule has 1 saturated heterocycles. The van der Waals surface area contributed by atoms with Gasteiger partial charge in [-0.25, -0.2) is 0 Å². The molecule has 0 saturated carbocycles. The monoisotopic (exact) mass is 416 g/mol. The molecule has 0 spiro atoms. The van der Waals surface area contributed by atoms with Gasteiger partial charge in [0.2, 0.25) is 5.91 Å². The molecule has 0 radical (unpaired) electrons. The van der Waals surface area contributed by atoms with Crippen LogP contribution in [0, 0.1) is 10.1 Å². The van der Waals surface area contributed by atoms with Crippen molar-refractivity contribution in [1.82, 2.24) is 4.90 Å². The number of nitro benzene ring substituents is 1. The zero-order valence-corrected chi connectivity index (χ0v) is 17.1. The van der Waals surface area contributed by atoms with E-state index in [-0.39, 0.29) is 16.5 Å². The van der Waals surface area contributed by atoms with E-state index in [4.69, 9.17) is 0 Å². The zero-order chi connectivity index (χ0) is 21.6. The molecule has 158 valence electrons. The molecule has 4 rings (SSSR count). The first-order valence-electron chi connectivity index (χ1n) is 10.3. The van der Waals surface area contributed by atoms with E-state index in [1.165, 1.54) is 6.07 Å². The second-order valence-electron chi connectivity index (χ2n) is 7.44. The maximum Gasteiger partial charge on any atom is 0.292 e. The molecular weight excluding hydrogens is 392 g/mol. The summed E-state index contributed by atoms with van der Waals surface area (Å²) in [5, 5.41) is 14.4. The average molecular weight is 416 g/mol. The van der Waals surface area contributed by atoms with Gasteiger partial charge in [0, 0.05) is 37.9 Å². The van der Waals surface area contributed by atoms with Gasteiger partial charge in [-0.05, 0) is 23.8 Å². The number of hydrogen-bond donors (Lipinski definition) is 1. The number of benzene rings is 3.